The van der Waals surface area contributed by atoms with Gasteiger partial charge in [0.15, 0.2) is 0 Å². The number of aryl methyl sites for hydroxylation is 2. The molecule has 1 fully saturated rings. The van der Waals surface area contributed by atoms with Crippen LogP contribution in [0.25, 0.3) is 0 Å². The van der Waals surface area contributed by atoms with Gasteiger partial charge in [-0.05, 0) is 45.1 Å². The minimum absolute atomic E-state index is 0.0638. The Balaban J connectivity index is 1.89. The summed E-state index contributed by atoms with van der Waals surface area (Å²) in [5, 5.41) is 4.27. The summed E-state index contributed by atoms with van der Waals surface area (Å²) in [5.41, 5.74) is 2.82. The summed E-state index contributed by atoms with van der Waals surface area (Å²) in [6.45, 7) is 6.11. The third-order valence-electron chi connectivity index (χ3n) is 5.18. The highest BCUT2D eigenvalue weighted by molar-refractivity contribution is 6.43. The first kappa shape index (κ1) is 17.4. The molecule has 1 atom stereocenters. The van der Waals surface area contributed by atoms with Gasteiger partial charge in [-0.15, -0.1) is 0 Å². The van der Waals surface area contributed by atoms with Gasteiger partial charge in [0.25, 0.3) is 11.7 Å². The van der Waals surface area contributed by atoms with Gasteiger partial charge in [-0.1, -0.05) is 30.3 Å². The maximum Gasteiger partial charge on any atom is 0.295 e. The molecule has 1 saturated carbocycles. The van der Waals surface area contributed by atoms with Crippen molar-refractivity contribution in [3.63, 3.8) is 0 Å². The molecule has 5 heteroatoms. The summed E-state index contributed by atoms with van der Waals surface area (Å²) in [6.07, 6.45) is 2.25. The van der Waals surface area contributed by atoms with Gasteiger partial charge in [-0.2, -0.15) is 5.10 Å². The number of carbonyl (C=O) groups is 2. The molecule has 0 radical (unpaired) electrons. The normalized spacial score (nSPS) is 15.0. The van der Waals surface area contributed by atoms with E-state index in [1.165, 1.54) is 0 Å². The van der Waals surface area contributed by atoms with Crippen molar-refractivity contribution in [2.45, 2.75) is 46.2 Å². The van der Waals surface area contributed by atoms with Gasteiger partial charge < -0.3 is 4.90 Å². The molecule has 1 aliphatic carbocycles. The lowest BCUT2D eigenvalue weighted by atomic mass is 10.0. The third kappa shape index (κ3) is 3.50. The third-order valence-corrected chi connectivity index (χ3v) is 5.18. The molecule has 3 rings (SSSR count). The minimum atomic E-state index is -0.452. The van der Waals surface area contributed by atoms with Gasteiger partial charge in [0, 0.05) is 25.3 Å². The van der Waals surface area contributed by atoms with E-state index in [1.54, 1.807) is 23.6 Å². The first-order valence-electron chi connectivity index (χ1n) is 8.79. The molecule has 25 heavy (non-hydrogen) atoms. The van der Waals surface area contributed by atoms with Crippen molar-refractivity contribution < 1.29 is 9.59 Å². The molecule has 0 spiro atoms. The molecule has 1 aliphatic rings. The van der Waals surface area contributed by atoms with Gasteiger partial charge in [-0.25, -0.2) is 0 Å². The van der Waals surface area contributed by atoms with Crippen LogP contribution in [0.15, 0.2) is 30.3 Å². The summed E-state index contributed by atoms with van der Waals surface area (Å²) in [6, 6.07) is 9.91. The Morgan fingerprint density at radius 3 is 2.40 bits per heavy atom. The summed E-state index contributed by atoms with van der Waals surface area (Å²) in [4.78, 5) is 27.7. The average molecular weight is 339 g/mol. The fourth-order valence-electron chi connectivity index (χ4n) is 3.35. The Bertz CT molecular complexity index is 791. The second-order valence-corrected chi connectivity index (χ2v) is 7.00. The van der Waals surface area contributed by atoms with Gasteiger partial charge in [-0.3, -0.25) is 14.3 Å². The van der Waals surface area contributed by atoms with Crippen LogP contribution in [0.3, 0.4) is 0 Å². The molecule has 1 aromatic carbocycles. The SMILES string of the molecule is Cc1nn(C)c(C)c1C(=O)C(=O)N(Cc1ccccc1)C(C)C1CC1. The second kappa shape index (κ2) is 6.82. The maximum absolute atomic E-state index is 13.1. The lowest BCUT2D eigenvalue weighted by molar-refractivity contribution is -0.129. The van der Waals surface area contributed by atoms with Gasteiger partial charge in [0.05, 0.1) is 11.3 Å². The van der Waals surface area contributed by atoms with E-state index in [4.69, 9.17) is 0 Å². The highest BCUT2D eigenvalue weighted by atomic mass is 16.2. The van der Waals surface area contributed by atoms with Crippen molar-refractivity contribution in [3.8, 4) is 0 Å². The number of benzene rings is 1. The van der Waals surface area contributed by atoms with E-state index in [0.717, 1.165) is 24.1 Å². The molecule has 132 valence electrons. The number of hydrogen-bond acceptors (Lipinski definition) is 3. The molecule has 1 aromatic heterocycles. The van der Waals surface area contributed by atoms with E-state index < -0.39 is 11.7 Å². The van der Waals surface area contributed by atoms with Crippen molar-refractivity contribution in [3.05, 3.63) is 52.8 Å². The number of amides is 1. The van der Waals surface area contributed by atoms with Crippen molar-refractivity contribution >= 4 is 11.7 Å². The minimum Gasteiger partial charge on any atom is -0.328 e. The van der Waals surface area contributed by atoms with Crippen molar-refractivity contribution in [2.24, 2.45) is 13.0 Å². The molecular formula is C20H25N3O2. The molecule has 1 unspecified atom stereocenters. The zero-order chi connectivity index (χ0) is 18.1. The number of hydrogen-bond donors (Lipinski definition) is 0. The zero-order valence-electron chi connectivity index (χ0n) is 15.3. The van der Waals surface area contributed by atoms with Crippen LogP contribution in [-0.4, -0.2) is 32.4 Å². The van der Waals surface area contributed by atoms with Crippen LogP contribution in [0.1, 0.15) is 47.1 Å². The predicted molar refractivity (Wildman–Crippen MR) is 96.2 cm³/mol. The Hall–Kier alpha value is -2.43. The fourth-order valence-corrected chi connectivity index (χ4v) is 3.35. The largest absolute Gasteiger partial charge is 0.328 e. The van der Waals surface area contributed by atoms with E-state index in [1.807, 2.05) is 37.3 Å². The van der Waals surface area contributed by atoms with Crippen molar-refractivity contribution in [2.75, 3.05) is 0 Å². The van der Waals surface area contributed by atoms with Crippen molar-refractivity contribution in [1.82, 2.24) is 14.7 Å². The van der Waals surface area contributed by atoms with Gasteiger partial charge >= 0.3 is 0 Å². The summed E-state index contributed by atoms with van der Waals surface area (Å²) < 4.78 is 1.65. The first-order valence-corrected chi connectivity index (χ1v) is 8.79. The van der Waals surface area contributed by atoms with Crippen LogP contribution >= 0.6 is 0 Å². The molecular weight excluding hydrogens is 314 g/mol. The quantitative estimate of drug-likeness (QED) is 0.600. The Kier molecular flexibility index (Phi) is 4.75. The van der Waals surface area contributed by atoms with Crippen LogP contribution in [-0.2, 0) is 18.4 Å². The number of aromatic nitrogens is 2. The second-order valence-electron chi connectivity index (χ2n) is 7.00. The van der Waals surface area contributed by atoms with E-state index >= 15 is 0 Å². The molecule has 0 N–H and O–H groups in total. The van der Waals surface area contributed by atoms with Crippen LogP contribution in [0, 0.1) is 19.8 Å². The predicted octanol–water partition coefficient (Wildman–Crippen LogP) is 3.05. The number of nitrogens with zero attached hydrogens (tertiary/aromatic N) is 3. The lowest BCUT2D eigenvalue weighted by Gasteiger charge is -2.29. The van der Waals surface area contributed by atoms with E-state index in [2.05, 4.69) is 12.0 Å². The smallest absolute Gasteiger partial charge is 0.295 e. The zero-order valence-corrected chi connectivity index (χ0v) is 15.3. The number of ketones is 1. The first-order chi connectivity index (χ1) is 11.9. The molecule has 0 saturated heterocycles. The van der Waals surface area contributed by atoms with Gasteiger partial charge in [0.1, 0.15) is 0 Å². The van der Waals surface area contributed by atoms with Crippen LogP contribution in [0.4, 0.5) is 0 Å². The van der Waals surface area contributed by atoms with Crippen LogP contribution in [0.5, 0.6) is 0 Å². The molecule has 2 aromatic rings. The van der Waals surface area contributed by atoms with Crippen molar-refractivity contribution in [1.29, 1.82) is 0 Å². The lowest BCUT2D eigenvalue weighted by Crippen LogP contribution is -2.43. The topological polar surface area (TPSA) is 55.2 Å². The van der Waals surface area contributed by atoms with Crippen LogP contribution < -0.4 is 0 Å². The summed E-state index contributed by atoms with van der Waals surface area (Å²) in [5.74, 6) is -0.384. The van der Waals surface area contributed by atoms with Gasteiger partial charge in [0.2, 0.25) is 0 Å². The summed E-state index contributed by atoms with van der Waals surface area (Å²) in [7, 11) is 1.79. The Labute approximate surface area is 148 Å². The van der Waals surface area contributed by atoms with E-state index in [-0.39, 0.29) is 6.04 Å². The van der Waals surface area contributed by atoms with E-state index in [9.17, 15) is 9.59 Å². The standard InChI is InChI=1S/C20H25N3O2/c1-13-18(15(3)22(4)21-13)19(24)20(25)23(14(2)17-10-11-17)12-16-8-6-5-7-9-16/h5-9,14,17H,10-12H2,1-4H3. The monoisotopic (exact) mass is 339 g/mol. The van der Waals surface area contributed by atoms with Crippen LogP contribution in [0.2, 0.25) is 0 Å². The number of rotatable bonds is 6. The summed E-state index contributed by atoms with van der Waals surface area (Å²) >= 11 is 0. The number of Topliss-reactive ketones (excluding diaryl/α,β-unsaturated/α-hetero) is 1. The molecule has 5 nitrogen and oxygen atoms in total. The highest BCUT2D eigenvalue weighted by Gasteiger charge is 2.37. The fraction of sp³-hybridized carbons (Fsp3) is 0.450. The molecule has 1 amide bonds. The Morgan fingerprint density at radius 2 is 1.88 bits per heavy atom. The molecule has 0 bridgehead atoms. The molecule has 0 aliphatic heterocycles. The Morgan fingerprint density at radius 1 is 1.24 bits per heavy atom. The molecule has 1 heterocycles. The van der Waals surface area contributed by atoms with E-state index in [0.29, 0.717) is 23.7 Å². The number of carbonyl (C=O) groups excluding carboxylic acids is 2. The highest BCUT2D eigenvalue weighted by Crippen LogP contribution is 2.36. The maximum atomic E-state index is 13.1. The average Bonchev–Trinajstić information content (AvgIpc) is 3.40.